The quantitative estimate of drug-likeness (QED) is 0.759. The molecule has 0 spiro atoms. The highest BCUT2D eigenvalue weighted by Crippen LogP contribution is 2.30. The number of fused-ring (bicyclic) bond motifs is 1. The summed E-state index contributed by atoms with van der Waals surface area (Å²) < 4.78 is 10.7. The lowest BCUT2D eigenvalue weighted by Gasteiger charge is -2.28. The number of rotatable bonds is 2. The largest absolute Gasteiger partial charge is 0.378 e. The maximum Gasteiger partial charge on any atom is 0.222 e. The van der Waals surface area contributed by atoms with Crippen LogP contribution in [-0.2, 0) is 4.74 Å². The normalized spacial score (nSPS) is 15.2. The lowest BCUT2D eigenvalue weighted by atomic mass is 10.1. The molecule has 0 radical (unpaired) electrons. The van der Waals surface area contributed by atoms with E-state index in [2.05, 4.69) is 20.0 Å². The van der Waals surface area contributed by atoms with Gasteiger partial charge in [-0.25, -0.2) is 9.97 Å². The fourth-order valence-electron chi connectivity index (χ4n) is 3.00. The van der Waals surface area contributed by atoms with Crippen LogP contribution < -0.4 is 10.6 Å². The summed E-state index contributed by atoms with van der Waals surface area (Å²) in [5, 5.41) is 4.01. The number of nitrogens with two attached hydrogens (primary N) is 1. The molecule has 0 saturated carbocycles. The Morgan fingerprint density at radius 3 is 2.58 bits per heavy atom. The summed E-state index contributed by atoms with van der Waals surface area (Å²) >= 11 is 0. The number of pyridine rings is 1. The molecule has 1 aliphatic rings. The van der Waals surface area contributed by atoms with Gasteiger partial charge in [0, 0.05) is 13.1 Å². The smallest absolute Gasteiger partial charge is 0.222 e. The number of nitrogen functional groups attached to an aromatic ring is 1. The van der Waals surface area contributed by atoms with E-state index in [9.17, 15) is 0 Å². The molecule has 8 heteroatoms. The zero-order valence-corrected chi connectivity index (χ0v) is 13.6. The van der Waals surface area contributed by atoms with E-state index in [1.54, 1.807) is 0 Å². The van der Waals surface area contributed by atoms with Gasteiger partial charge in [0.25, 0.3) is 0 Å². The number of ether oxygens (including phenoxy) is 1. The molecule has 2 N–H and O–H groups in total. The predicted molar refractivity (Wildman–Crippen MR) is 89.7 cm³/mol. The van der Waals surface area contributed by atoms with E-state index in [4.69, 9.17) is 20.0 Å². The van der Waals surface area contributed by atoms with Crippen LogP contribution in [0.3, 0.4) is 0 Å². The standard InChI is InChI=1S/C16H18N6O2/c1-9-13(10(2)24-21-9)11-3-4-12-14(18-11)15(20-16(17)19-12)22-5-7-23-8-6-22/h3-4H,5-8H2,1-2H3,(H2,17,19,20). The first-order chi connectivity index (χ1) is 11.6. The second-order valence-electron chi connectivity index (χ2n) is 5.77. The number of aromatic nitrogens is 4. The van der Waals surface area contributed by atoms with Gasteiger partial charge in [0.1, 0.15) is 11.3 Å². The van der Waals surface area contributed by atoms with Crippen molar-refractivity contribution in [3.05, 3.63) is 23.6 Å². The highest BCUT2D eigenvalue weighted by molar-refractivity contribution is 5.89. The third kappa shape index (κ3) is 2.44. The highest BCUT2D eigenvalue weighted by Gasteiger charge is 2.20. The fourth-order valence-corrected chi connectivity index (χ4v) is 3.00. The zero-order chi connectivity index (χ0) is 16.7. The third-order valence-electron chi connectivity index (χ3n) is 4.14. The number of hydrogen-bond donors (Lipinski definition) is 1. The van der Waals surface area contributed by atoms with Crippen molar-refractivity contribution >= 4 is 22.8 Å². The molecule has 1 saturated heterocycles. The van der Waals surface area contributed by atoms with Gasteiger partial charge in [-0.15, -0.1) is 0 Å². The molecular weight excluding hydrogens is 308 g/mol. The topological polar surface area (TPSA) is 103 Å². The summed E-state index contributed by atoms with van der Waals surface area (Å²) in [7, 11) is 0. The summed E-state index contributed by atoms with van der Waals surface area (Å²) in [6.45, 7) is 6.61. The zero-order valence-electron chi connectivity index (χ0n) is 13.6. The first-order valence-corrected chi connectivity index (χ1v) is 7.83. The van der Waals surface area contributed by atoms with E-state index in [1.807, 2.05) is 26.0 Å². The van der Waals surface area contributed by atoms with Gasteiger partial charge in [0.05, 0.1) is 35.7 Å². The molecule has 3 aromatic rings. The summed E-state index contributed by atoms with van der Waals surface area (Å²) in [5.74, 6) is 1.73. The average molecular weight is 326 g/mol. The Bertz CT molecular complexity index is 881. The molecule has 24 heavy (non-hydrogen) atoms. The van der Waals surface area contributed by atoms with Crippen molar-refractivity contribution in [1.29, 1.82) is 0 Å². The van der Waals surface area contributed by atoms with Gasteiger partial charge >= 0.3 is 0 Å². The van der Waals surface area contributed by atoms with Crippen LogP contribution in [-0.4, -0.2) is 46.4 Å². The predicted octanol–water partition coefficient (Wildman–Crippen LogP) is 1.72. The summed E-state index contributed by atoms with van der Waals surface area (Å²) in [4.78, 5) is 15.7. The number of anilines is 2. The van der Waals surface area contributed by atoms with E-state index in [0.29, 0.717) is 13.2 Å². The lowest BCUT2D eigenvalue weighted by Crippen LogP contribution is -2.37. The Morgan fingerprint density at radius 1 is 1.08 bits per heavy atom. The maximum absolute atomic E-state index is 5.88. The van der Waals surface area contributed by atoms with Crippen LogP contribution in [0.15, 0.2) is 16.7 Å². The van der Waals surface area contributed by atoms with Gasteiger partial charge in [-0.05, 0) is 26.0 Å². The number of nitrogens with zero attached hydrogens (tertiary/aromatic N) is 5. The van der Waals surface area contributed by atoms with E-state index >= 15 is 0 Å². The Hall–Kier alpha value is -2.74. The first-order valence-electron chi connectivity index (χ1n) is 7.83. The molecule has 4 heterocycles. The van der Waals surface area contributed by atoms with Gasteiger partial charge in [-0.1, -0.05) is 5.16 Å². The molecule has 3 aromatic heterocycles. The highest BCUT2D eigenvalue weighted by atomic mass is 16.5. The van der Waals surface area contributed by atoms with Crippen molar-refractivity contribution in [2.45, 2.75) is 13.8 Å². The molecular formula is C16H18N6O2. The van der Waals surface area contributed by atoms with Gasteiger partial charge in [0.15, 0.2) is 5.82 Å². The van der Waals surface area contributed by atoms with Crippen molar-refractivity contribution in [1.82, 2.24) is 20.1 Å². The molecule has 8 nitrogen and oxygen atoms in total. The van der Waals surface area contributed by atoms with Crippen molar-refractivity contribution in [2.75, 3.05) is 36.9 Å². The van der Waals surface area contributed by atoms with E-state index < -0.39 is 0 Å². The number of morpholine rings is 1. The second-order valence-corrected chi connectivity index (χ2v) is 5.77. The van der Waals surface area contributed by atoms with Crippen LogP contribution in [0.5, 0.6) is 0 Å². The molecule has 1 fully saturated rings. The molecule has 0 atom stereocenters. The molecule has 0 amide bonds. The lowest BCUT2D eigenvalue weighted by molar-refractivity contribution is 0.122. The summed E-state index contributed by atoms with van der Waals surface area (Å²) in [6.07, 6.45) is 0. The van der Waals surface area contributed by atoms with Crippen LogP contribution in [0.1, 0.15) is 11.5 Å². The molecule has 4 rings (SSSR count). The third-order valence-corrected chi connectivity index (χ3v) is 4.14. The molecule has 0 unspecified atom stereocenters. The molecule has 1 aliphatic heterocycles. The van der Waals surface area contributed by atoms with Crippen molar-refractivity contribution < 1.29 is 9.26 Å². The minimum Gasteiger partial charge on any atom is -0.378 e. The van der Waals surface area contributed by atoms with Crippen molar-refractivity contribution in [2.24, 2.45) is 0 Å². The number of hydrogen-bond acceptors (Lipinski definition) is 8. The summed E-state index contributed by atoms with van der Waals surface area (Å²) in [6, 6.07) is 3.82. The molecule has 124 valence electrons. The van der Waals surface area contributed by atoms with Crippen LogP contribution in [0.2, 0.25) is 0 Å². The van der Waals surface area contributed by atoms with Crippen LogP contribution in [0, 0.1) is 13.8 Å². The fraction of sp³-hybridized carbons (Fsp3) is 0.375. The maximum atomic E-state index is 5.88. The van der Waals surface area contributed by atoms with Crippen LogP contribution in [0.4, 0.5) is 11.8 Å². The molecule has 0 aromatic carbocycles. The average Bonchev–Trinajstić information content (AvgIpc) is 2.93. The SMILES string of the molecule is Cc1noc(C)c1-c1ccc2nc(N)nc(N3CCOCC3)c2n1. The Morgan fingerprint density at radius 2 is 1.88 bits per heavy atom. The minimum atomic E-state index is 0.246. The second kappa shape index (κ2) is 5.72. The Labute approximate surface area is 138 Å². The molecule has 0 bridgehead atoms. The van der Waals surface area contributed by atoms with Gasteiger partial charge in [-0.3, -0.25) is 0 Å². The van der Waals surface area contributed by atoms with E-state index in [0.717, 1.165) is 52.7 Å². The van der Waals surface area contributed by atoms with Gasteiger partial charge in [0.2, 0.25) is 5.95 Å². The monoisotopic (exact) mass is 326 g/mol. The van der Waals surface area contributed by atoms with Crippen LogP contribution in [0.25, 0.3) is 22.3 Å². The van der Waals surface area contributed by atoms with Crippen LogP contribution >= 0.6 is 0 Å². The van der Waals surface area contributed by atoms with Crippen molar-refractivity contribution in [3.8, 4) is 11.3 Å². The Kier molecular flexibility index (Phi) is 3.53. The van der Waals surface area contributed by atoms with E-state index in [-0.39, 0.29) is 5.95 Å². The van der Waals surface area contributed by atoms with Crippen molar-refractivity contribution in [3.63, 3.8) is 0 Å². The first kappa shape index (κ1) is 14.8. The molecule has 0 aliphatic carbocycles. The van der Waals surface area contributed by atoms with E-state index in [1.165, 1.54) is 0 Å². The Balaban J connectivity index is 1.90. The number of aryl methyl sites for hydroxylation is 2. The minimum absolute atomic E-state index is 0.246. The summed E-state index contributed by atoms with van der Waals surface area (Å²) in [5.41, 5.74) is 9.83. The van der Waals surface area contributed by atoms with Gasteiger partial charge < -0.3 is 19.9 Å². The van der Waals surface area contributed by atoms with Gasteiger partial charge in [-0.2, -0.15) is 4.98 Å².